The second-order valence-electron chi connectivity index (χ2n) is 7.09. The van der Waals surface area contributed by atoms with Gasteiger partial charge in [-0.1, -0.05) is 0 Å². The van der Waals surface area contributed by atoms with Gasteiger partial charge in [-0.3, -0.25) is 9.69 Å². The summed E-state index contributed by atoms with van der Waals surface area (Å²) >= 11 is 0. The average Bonchev–Trinajstić information content (AvgIpc) is 2.94. The molecule has 0 bridgehead atoms. The van der Waals surface area contributed by atoms with Crippen molar-refractivity contribution in [1.29, 1.82) is 0 Å². The van der Waals surface area contributed by atoms with Crippen molar-refractivity contribution in [2.45, 2.75) is 19.4 Å². The number of piperazine rings is 1. The van der Waals surface area contributed by atoms with Gasteiger partial charge in [0, 0.05) is 44.7 Å². The summed E-state index contributed by atoms with van der Waals surface area (Å²) in [5.41, 5.74) is 0.795. The summed E-state index contributed by atoms with van der Waals surface area (Å²) in [7, 11) is -1.38. The van der Waals surface area contributed by atoms with Crippen molar-refractivity contribution in [2.75, 3.05) is 44.8 Å². The molecule has 2 aliphatic rings. The number of nitrogens with zero attached hydrogens (tertiary/aromatic N) is 2. The minimum Gasteiger partial charge on any atom is -0.496 e. The Morgan fingerprint density at radius 3 is 2.62 bits per heavy atom. The molecule has 26 heavy (non-hydrogen) atoms. The van der Waals surface area contributed by atoms with Crippen molar-refractivity contribution >= 4 is 15.7 Å². The van der Waals surface area contributed by atoms with Gasteiger partial charge < -0.3 is 9.64 Å². The summed E-state index contributed by atoms with van der Waals surface area (Å²) in [6.45, 7) is 3.19. The van der Waals surface area contributed by atoms with Crippen LogP contribution in [-0.2, 0) is 21.2 Å². The number of hydrogen-bond donors (Lipinski definition) is 0. The summed E-state index contributed by atoms with van der Waals surface area (Å²) < 4.78 is 41.8. The zero-order chi connectivity index (χ0) is 18.7. The van der Waals surface area contributed by atoms with Crippen LogP contribution in [-0.4, -0.2) is 68.9 Å². The molecule has 0 saturated carbocycles. The first-order chi connectivity index (χ1) is 12.4. The lowest BCUT2D eigenvalue weighted by Gasteiger charge is -2.35. The van der Waals surface area contributed by atoms with E-state index in [0.29, 0.717) is 51.3 Å². The van der Waals surface area contributed by atoms with Gasteiger partial charge in [0.2, 0.25) is 5.91 Å². The quantitative estimate of drug-likeness (QED) is 0.766. The standard InChI is InChI=1S/C18H25FN2O4S/c1-25-17-3-2-16(19)11-15(17)12-20-5-7-21(8-6-20)18(22)10-14-4-9-26(23,24)13-14/h2-3,11,14H,4-10,12-13H2,1H3/t14-/m0/s1. The zero-order valence-electron chi connectivity index (χ0n) is 15.0. The molecule has 1 amide bonds. The van der Waals surface area contributed by atoms with Crippen molar-refractivity contribution in [3.05, 3.63) is 29.6 Å². The third kappa shape index (κ3) is 4.73. The number of carbonyl (C=O) groups excluding carboxylic acids is 1. The molecule has 0 aliphatic carbocycles. The molecule has 2 aliphatic heterocycles. The van der Waals surface area contributed by atoms with Crippen molar-refractivity contribution in [2.24, 2.45) is 5.92 Å². The fourth-order valence-corrected chi connectivity index (χ4v) is 5.54. The topological polar surface area (TPSA) is 66.9 Å². The van der Waals surface area contributed by atoms with E-state index in [9.17, 15) is 17.6 Å². The second kappa shape index (κ2) is 7.92. The fourth-order valence-electron chi connectivity index (χ4n) is 3.68. The molecule has 2 heterocycles. The molecule has 144 valence electrons. The van der Waals surface area contributed by atoms with Crippen LogP contribution in [0.15, 0.2) is 18.2 Å². The normalized spacial score (nSPS) is 23.2. The Kier molecular flexibility index (Phi) is 5.82. The van der Waals surface area contributed by atoms with Crippen molar-refractivity contribution < 1.29 is 22.3 Å². The SMILES string of the molecule is COc1ccc(F)cc1CN1CCN(C(=O)C[C@@H]2CCS(=O)(=O)C2)CC1. The van der Waals surface area contributed by atoms with Gasteiger partial charge in [-0.15, -0.1) is 0 Å². The van der Waals surface area contributed by atoms with Crippen molar-refractivity contribution in [3.8, 4) is 5.75 Å². The number of benzene rings is 1. The molecule has 2 saturated heterocycles. The lowest BCUT2D eigenvalue weighted by Crippen LogP contribution is -2.48. The summed E-state index contributed by atoms with van der Waals surface area (Å²) in [4.78, 5) is 16.4. The Morgan fingerprint density at radius 1 is 1.27 bits per heavy atom. The van der Waals surface area contributed by atoms with E-state index in [1.807, 2.05) is 4.90 Å². The Morgan fingerprint density at radius 2 is 2.00 bits per heavy atom. The van der Waals surface area contributed by atoms with Crippen LogP contribution in [0.2, 0.25) is 0 Å². The van der Waals surface area contributed by atoms with Gasteiger partial charge in [0.15, 0.2) is 9.84 Å². The van der Waals surface area contributed by atoms with Crippen molar-refractivity contribution in [3.63, 3.8) is 0 Å². The van der Waals surface area contributed by atoms with E-state index < -0.39 is 9.84 Å². The first-order valence-electron chi connectivity index (χ1n) is 8.89. The van der Waals surface area contributed by atoms with Gasteiger partial charge in [-0.25, -0.2) is 12.8 Å². The Hall–Kier alpha value is -1.67. The van der Waals surface area contributed by atoms with E-state index in [4.69, 9.17) is 4.74 Å². The maximum absolute atomic E-state index is 13.5. The molecule has 0 radical (unpaired) electrons. The molecule has 1 atom stereocenters. The van der Waals surface area contributed by atoms with Crippen LogP contribution < -0.4 is 4.74 Å². The fraction of sp³-hybridized carbons (Fsp3) is 0.611. The van der Waals surface area contributed by atoms with Crippen LogP contribution in [0.4, 0.5) is 4.39 Å². The summed E-state index contributed by atoms with van der Waals surface area (Å²) in [5, 5.41) is 0. The second-order valence-corrected chi connectivity index (χ2v) is 9.32. The highest BCUT2D eigenvalue weighted by Gasteiger charge is 2.31. The zero-order valence-corrected chi connectivity index (χ0v) is 15.8. The van der Waals surface area contributed by atoms with Crippen LogP contribution in [0.1, 0.15) is 18.4 Å². The largest absolute Gasteiger partial charge is 0.496 e. The Balaban J connectivity index is 1.50. The molecular formula is C18H25FN2O4S. The molecule has 0 spiro atoms. The van der Waals surface area contributed by atoms with Gasteiger partial charge in [0.25, 0.3) is 0 Å². The smallest absolute Gasteiger partial charge is 0.222 e. The third-order valence-corrected chi connectivity index (χ3v) is 6.99. The molecule has 0 unspecified atom stereocenters. The maximum Gasteiger partial charge on any atom is 0.222 e. The highest BCUT2D eigenvalue weighted by Crippen LogP contribution is 2.24. The number of carbonyl (C=O) groups is 1. The van der Waals surface area contributed by atoms with E-state index in [1.165, 1.54) is 12.1 Å². The van der Waals surface area contributed by atoms with E-state index in [1.54, 1.807) is 13.2 Å². The van der Waals surface area contributed by atoms with Gasteiger partial charge in [0.05, 0.1) is 18.6 Å². The Labute approximate surface area is 153 Å². The van der Waals surface area contributed by atoms with Crippen LogP contribution >= 0.6 is 0 Å². The molecule has 8 heteroatoms. The van der Waals surface area contributed by atoms with E-state index >= 15 is 0 Å². The molecule has 0 aromatic heterocycles. The number of methoxy groups -OCH3 is 1. The average molecular weight is 384 g/mol. The monoisotopic (exact) mass is 384 g/mol. The molecule has 1 aromatic carbocycles. The van der Waals surface area contributed by atoms with E-state index in [-0.39, 0.29) is 29.1 Å². The van der Waals surface area contributed by atoms with E-state index in [0.717, 1.165) is 5.56 Å². The molecule has 0 N–H and O–H groups in total. The number of hydrogen-bond acceptors (Lipinski definition) is 5. The molecular weight excluding hydrogens is 359 g/mol. The highest BCUT2D eigenvalue weighted by molar-refractivity contribution is 7.91. The predicted molar refractivity (Wildman–Crippen MR) is 96.2 cm³/mol. The molecule has 3 rings (SSSR count). The highest BCUT2D eigenvalue weighted by atomic mass is 32.2. The first kappa shape index (κ1) is 19.1. The van der Waals surface area contributed by atoms with Gasteiger partial charge in [-0.05, 0) is 30.5 Å². The minimum atomic E-state index is -2.95. The first-order valence-corrected chi connectivity index (χ1v) is 10.7. The van der Waals surface area contributed by atoms with Gasteiger partial charge in [-0.2, -0.15) is 0 Å². The summed E-state index contributed by atoms with van der Waals surface area (Å²) in [5.74, 6) is 0.706. The number of ether oxygens (including phenoxy) is 1. The molecule has 1 aromatic rings. The van der Waals surface area contributed by atoms with E-state index in [2.05, 4.69) is 4.90 Å². The Bertz CT molecular complexity index is 760. The number of amides is 1. The van der Waals surface area contributed by atoms with Crippen LogP contribution in [0.5, 0.6) is 5.75 Å². The predicted octanol–water partition coefficient (Wildman–Crippen LogP) is 1.30. The summed E-state index contributed by atoms with van der Waals surface area (Å²) in [6, 6.07) is 4.49. The van der Waals surface area contributed by atoms with Gasteiger partial charge in [0.1, 0.15) is 11.6 Å². The lowest BCUT2D eigenvalue weighted by atomic mass is 10.0. The number of sulfone groups is 1. The number of rotatable bonds is 5. The van der Waals surface area contributed by atoms with Crippen LogP contribution in [0.25, 0.3) is 0 Å². The van der Waals surface area contributed by atoms with Gasteiger partial charge >= 0.3 is 0 Å². The van der Waals surface area contributed by atoms with Crippen LogP contribution in [0.3, 0.4) is 0 Å². The minimum absolute atomic E-state index is 0.0371. The molecule has 6 nitrogen and oxygen atoms in total. The van der Waals surface area contributed by atoms with Crippen LogP contribution in [0, 0.1) is 11.7 Å². The maximum atomic E-state index is 13.5. The lowest BCUT2D eigenvalue weighted by molar-refractivity contribution is -0.133. The third-order valence-electron chi connectivity index (χ3n) is 5.15. The molecule has 2 fully saturated rings. The number of halogens is 1. The van der Waals surface area contributed by atoms with Crippen molar-refractivity contribution in [1.82, 2.24) is 9.80 Å². The summed E-state index contributed by atoms with van der Waals surface area (Å²) in [6.07, 6.45) is 0.907.